The molecule has 1 amide bonds. The summed E-state index contributed by atoms with van der Waals surface area (Å²) in [4.78, 5) is 31.9. The van der Waals surface area contributed by atoms with Crippen molar-refractivity contribution in [3.05, 3.63) is 70.0 Å². The Morgan fingerprint density at radius 1 is 1.10 bits per heavy atom. The van der Waals surface area contributed by atoms with Crippen molar-refractivity contribution in [2.75, 3.05) is 0 Å². The first-order valence-electron chi connectivity index (χ1n) is 10.0. The zero-order valence-corrected chi connectivity index (χ0v) is 16.7. The van der Waals surface area contributed by atoms with Gasteiger partial charge in [-0.25, -0.2) is 4.98 Å². The molecule has 3 aromatic heterocycles. The number of benzene rings is 1. The molecule has 4 aromatic rings. The van der Waals surface area contributed by atoms with Gasteiger partial charge in [-0.2, -0.15) is 0 Å². The van der Waals surface area contributed by atoms with Gasteiger partial charge in [0.05, 0.1) is 16.5 Å². The fraction of sp³-hybridized carbons (Fsp3) is 0.261. The summed E-state index contributed by atoms with van der Waals surface area (Å²) in [6.45, 7) is 0. The van der Waals surface area contributed by atoms with Crippen LogP contribution in [0, 0.1) is 0 Å². The molecule has 0 radical (unpaired) electrons. The first-order valence-corrected chi connectivity index (χ1v) is 10.9. The van der Waals surface area contributed by atoms with Crippen molar-refractivity contribution in [3.8, 4) is 10.4 Å². The van der Waals surface area contributed by atoms with E-state index in [9.17, 15) is 9.59 Å². The molecule has 5 nitrogen and oxygen atoms in total. The molecule has 0 atom stereocenters. The fourth-order valence-corrected chi connectivity index (χ4v) is 4.83. The first kappa shape index (κ1) is 18.1. The van der Waals surface area contributed by atoms with Gasteiger partial charge in [0.15, 0.2) is 5.65 Å². The third kappa shape index (κ3) is 3.34. The maximum absolute atomic E-state index is 13.2. The van der Waals surface area contributed by atoms with Crippen LogP contribution in [0.1, 0.15) is 42.5 Å². The van der Waals surface area contributed by atoms with Crippen molar-refractivity contribution >= 4 is 33.8 Å². The van der Waals surface area contributed by atoms with Crippen molar-refractivity contribution < 1.29 is 4.79 Å². The maximum atomic E-state index is 13.2. The van der Waals surface area contributed by atoms with Crippen LogP contribution >= 0.6 is 11.3 Å². The molecule has 0 aliphatic heterocycles. The maximum Gasteiger partial charge on any atom is 0.265 e. The summed E-state index contributed by atoms with van der Waals surface area (Å²) < 4.78 is 1.48. The normalized spacial score (nSPS) is 15.0. The Hall–Kier alpha value is -2.99. The van der Waals surface area contributed by atoms with Gasteiger partial charge < -0.3 is 5.32 Å². The third-order valence-electron chi connectivity index (χ3n) is 5.63. The Morgan fingerprint density at radius 2 is 1.97 bits per heavy atom. The smallest absolute Gasteiger partial charge is 0.265 e. The van der Waals surface area contributed by atoms with Crippen molar-refractivity contribution in [1.29, 1.82) is 0 Å². The molecule has 1 saturated carbocycles. The molecule has 1 aliphatic rings. The van der Waals surface area contributed by atoms with Gasteiger partial charge in [0.2, 0.25) is 0 Å². The summed E-state index contributed by atoms with van der Waals surface area (Å²) in [5, 5.41) is 5.70. The summed E-state index contributed by atoms with van der Waals surface area (Å²) in [6.07, 6.45) is 7.23. The van der Waals surface area contributed by atoms with E-state index in [1.54, 1.807) is 29.7 Å². The molecular formula is C23H21N3O2S. The van der Waals surface area contributed by atoms with Crippen molar-refractivity contribution in [1.82, 2.24) is 14.7 Å². The lowest BCUT2D eigenvalue weighted by Crippen LogP contribution is -2.36. The summed E-state index contributed by atoms with van der Waals surface area (Å²) in [5.41, 5.74) is 2.29. The lowest BCUT2D eigenvalue weighted by Gasteiger charge is -2.23. The Morgan fingerprint density at radius 3 is 2.76 bits per heavy atom. The molecule has 0 saturated heterocycles. The van der Waals surface area contributed by atoms with Crippen LogP contribution in [-0.4, -0.2) is 21.3 Å². The molecule has 1 fully saturated rings. The molecule has 5 rings (SSSR count). The van der Waals surface area contributed by atoms with Gasteiger partial charge in [0.25, 0.3) is 11.5 Å². The second kappa shape index (κ2) is 7.44. The zero-order chi connectivity index (χ0) is 19.8. The minimum absolute atomic E-state index is 0.156. The lowest BCUT2D eigenvalue weighted by molar-refractivity contribution is 0.0929. The minimum atomic E-state index is -0.157. The van der Waals surface area contributed by atoms with E-state index in [4.69, 9.17) is 0 Å². The number of nitrogens with one attached hydrogen (secondary N) is 1. The molecular weight excluding hydrogens is 382 g/mol. The highest BCUT2D eigenvalue weighted by Gasteiger charge is 2.19. The number of rotatable bonds is 3. The predicted molar refractivity (Wildman–Crippen MR) is 117 cm³/mol. The summed E-state index contributed by atoms with van der Waals surface area (Å²) in [7, 11) is 0. The number of amides is 1. The van der Waals surface area contributed by atoms with E-state index < -0.39 is 0 Å². The summed E-state index contributed by atoms with van der Waals surface area (Å²) >= 11 is 1.63. The standard InChI is InChI=1S/C23H21N3O2S/c27-22(24-16-6-2-1-3-7-16)17-8-4-12-26-21(17)25-19-11-10-15(14-18(19)23(26)28)20-9-5-13-29-20/h4-5,8-14,16H,1-3,6-7H2,(H,24,27). The topological polar surface area (TPSA) is 63.5 Å². The van der Waals surface area contributed by atoms with Crippen LogP contribution in [0.2, 0.25) is 0 Å². The lowest BCUT2D eigenvalue weighted by atomic mass is 9.95. The molecule has 6 heteroatoms. The van der Waals surface area contributed by atoms with E-state index in [0.717, 1.165) is 36.1 Å². The van der Waals surface area contributed by atoms with Crippen LogP contribution in [0.15, 0.2) is 58.8 Å². The van der Waals surface area contributed by atoms with Gasteiger partial charge in [-0.15, -0.1) is 11.3 Å². The zero-order valence-electron chi connectivity index (χ0n) is 15.9. The van der Waals surface area contributed by atoms with E-state index >= 15 is 0 Å². The number of carbonyl (C=O) groups is 1. The fourth-order valence-electron chi connectivity index (χ4n) is 4.11. The highest BCUT2D eigenvalue weighted by molar-refractivity contribution is 7.13. The van der Waals surface area contributed by atoms with Gasteiger partial charge in [-0.3, -0.25) is 14.0 Å². The van der Waals surface area contributed by atoms with Crippen LogP contribution in [0.25, 0.3) is 27.0 Å². The van der Waals surface area contributed by atoms with Crippen LogP contribution in [0.5, 0.6) is 0 Å². The largest absolute Gasteiger partial charge is 0.349 e. The van der Waals surface area contributed by atoms with E-state index in [1.165, 1.54) is 10.8 Å². The number of nitrogens with zero attached hydrogens (tertiary/aromatic N) is 2. The Labute approximate surface area is 172 Å². The van der Waals surface area contributed by atoms with Gasteiger partial charge in [0, 0.05) is 17.1 Å². The van der Waals surface area contributed by atoms with E-state index in [0.29, 0.717) is 22.1 Å². The highest BCUT2D eigenvalue weighted by atomic mass is 32.1. The van der Waals surface area contributed by atoms with Crippen LogP contribution in [0.4, 0.5) is 0 Å². The van der Waals surface area contributed by atoms with Crippen LogP contribution < -0.4 is 10.9 Å². The number of pyridine rings is 1. The van der Waals surface area contributed by atoms with Crippen molar-refractivity contribution in [2.24, 2.45) is 0 Å². The molecule has 1 N–H and O–H groups in total. The molecule has 3 heterocycles. The molecule has 0 bridgehead atoms. The van der Waals surface area contributed by atoms with E-state index in [1.807, 2.05) is 35.7 Å². The molecule has 1 aliphatic carbocycles. The SMILES string of the molecule is O=C(NC1CCCCC1)c1cccn2c(=O)c3cc(-c4cccs4)ccc3nc12. The second-order valence-electron chi connectivity index (χ2n) is 7.55. The molecule has 1 aromatic carbocycles. The summed E-state index contributed by atoms with van der Waals surface area (Å²) in [6, 6.07) is 13.4. The van der Waals surface area contributed by atoms with Crippen molar-refractivity contribution in [2.45, 2.75) is 38.1 Å². The molecule has 0 unspecified atom stereocenters. The molecule has 29 heavy (non-hydrogen) atoms. The highest BCUT2D eigenvalue weighted by Crippen LogP contribution is 2.27. The predicted octanol–water partition coefficient (Wildman–Crippen LogP) is 4.64. The minimum Gasteiger partial charge on any atom is -0.349 e. The number of thiophene rings is 1. The Balaban J connectivity index is 1.60. The number of hydrogen-bond acceptors (Lipinski definition) is 4. The first-order chi connectivity index (χ1) is 14.2. The van der Waals surface area contributed by atoms with Gasteiger partial charge in [-0.05, 0) is 54.1 Å². The average Bonchev–Trinajstić information content (AvgIpc) is 3.29. The average molecular weight is 404 g/mol. The third-order valence-corrected chi connectivity index (χ3v) is 6.55. The van der Waals surface area contributed by atoms with Gasteiger partial charge >= 0.3 is 0 Å². The number of fused-ring (bicyclic) bond motifs is 2. The second-order valence-corrected chi connectivity index (χ2v) is 8.50. The van der Waals surface area contributed by atoms with E-state index in [-0.39, 0.29) is 17.5 Å². The van der Waals surface area contributed by atoms with E-state index in [2.05, 4.69) is 10.3 Å². The number of carbonyl (C=O) groups excluding carboxylic acids is 1. The Kier molecular flexibility index (Phi) is 4.64. The molecule has 0 spiro atoms. The number of aromatic nitrogens is 2. The number of hydrogen-bond donors (Lipinski definition) is 1. The van der Waals surface area contributed by atoms with Gasteiger partial charge in [0.1, 0.15) is 0 Å². The molecule has 146 valence electrons. The monoisotopic (exact) mass is 403 g/mol. The quantitative estimate of drug-likeness (QED) is 0.507. The van der Waals surface area contributed by atoms with Gasteiger partial charge in [-0.1, -0.05) is 31.4 Å². The summed E-state index contributed by atoms with van der Waals surface area (Å²) in [5.74, 6) is -0.156. The van der Waals surface area contributed by atoms with Crippen LogP contribution in [-0.2, 0) is 0 Å². The van der Waals surface area contributed by atoms with Crippen molar-refractivity contribution in [3.63, 3.8) is 0 Å². The Bertz CT molecular complexity index is 1250. The van der Waals surface area contributed by atoms with Crippen LogP contribution in [0.3, 0.4) is 0 Å².